The topological polar surface area (TPSA) is 60.7 Å². The number of hydrogen-bond acceptors (Lipinski definition) is 3. The van der Waals surface area contributed by atoms with Crippen molar-refractivity contribution in [2.45, 2.75) is 18.6 Å². The molecule has 3 atom stereocenters. The Kier molecular flexibility index (Phi) is 2.43. The van der Waals surface area contributed by atoms with Gasteiger partial charge in [-0.3, -0.25) is 0 Å². The van der Waals surface area contributed by atoms with Gasteiger partial charge in [0.15, 0.2) is 0 Å². The van der Waals surface area contributed by atoms with Gasteiger partial charge in [0, 0.05) is 12.3 Å². The van der Waals surface area contributed by atoms with E-state index in [1.807, 2.05) is 0 Å². The van der Waals surface area contributed by atoms with E-state index >= 15 is 0 Å². The van der Waals surface area contributed by atoms with Crippen LogP contribution in [0.25, 0.3) is 0 Å². The summed E-state index contributed by atoms with van der Waals surface area (Å²) in [6.07, 6.45) is 2.46. The van der Waals surface area contributed by atoms with Gasteiger partial charge in [-0.2, -0.15) is 0 Å². The van der Waals surface area contributed by atoms with E-state index < -0.39 is 12.2 Å². The molecule has 0 unspecified atom stereocenters. The first-order chi connectivity index (χ1) is 4.74. The van der Waals surface area contributed by atoms with Gasteiger partial charge in [-0.15, -0.1) is 0 Å². The van der Waals surface area contributed by atoms with Gasteiger partial charge in [-0.25, -0.2) is 0 Å². The molecule has 1 aliphatic carbocycles. The highest BCUT2D eigenvalue weighted by atomic mass is 16.3. The maximum Gasteiger partial charge on any atom is 0.0745 e. The van der Waals surface area contributed by atoms with E-state index in [1.165, 1.54) is 0 Å². The standard InChI is InChI=1S/C7H12O3/c8-4-5-1-2-6(9)3-7(5)10/h1-2,5-10H,3-4H2/t5-,6+,7+/m0/s1. The van der Waals surface area contributed by atoms with E-state index in [0.29, 0.717) is 6.42 Å². The molecule has 0 amide bonds. The summed E-state index contributed by atoms with van der Waals surface area (Å²) >= 11 is 0. The Labute approximate surface area is 59.6 Å². The summed E-state index contributed by atoms with van der Waals surface area (Å²) in [5, 5.41) is 26.8. The van der Waals surface area contributed by atoms with Crippen molar-refractivity contribution in [2.24, 2.45) is 5.92 Å². The summed E-state index contributed by atoms with van der Waals surface area (Å²) in [6, 6.07) is 0. The van der Waals surface area contributed by atoms with E-state index in [1.54, 1.807) is 12.2 Å². The average Bonchev–Trinajstić information content (AvgIpc) is 1.88. The van der Waals surface area contributed by atoms with E-state index in [4.69, 9.17) is 15.3 Å². The summed E-state index contributed by atoms with van der Waals surface area (Å²) in [4.78, 5) is 0. The molecular weight excluding hydrogens is 132 g/mol. The van der Waals surface area contributed by atoms with Crippen molar-refractivity contribution in [1.82, 2.24) is 0 Å². The molecule has 0 aromatic rings. The van der Waals surface area contributed by atoms with E-state index in [9.17, 15) is 0 Å². The predicted octanol–water partition coefficient (Wildman–Crippen LogP) is -0.723. The molecule has 0 aromatic carbocycles. The van der Waals surface area contributed by atoms with Gasteiger partial charge in [-0.1, -0.05) is 12.2 Å². The number of aliphatic hydroxyl groups is 3. The number of aliphatic hydroxyl groups excluding tert-OH is 3. The zero-order valence-electron chi connectivity index (χ0n) is 5.64. The highest BCUT2D eigenvalue weighted by Crippen LogP contribution is 2.17. The van der Waals surface area contributed by atoms with Crippen LogP contribution in [0, 0.1) is 5.92 Å². The molecule has 3 N–H and O–H groups in total. The largest absolute Gasteiger partial charge is 0.396 e. The van der Waals surface area contributed by atoms with E-state index in [0.717, 1.165) is 0 Å². The lowest BCUT2D eigenvalue weighted by atomic mass is 9.92. The summed E-state index contributed by atoms with van der Waals surface area (Å²) in [5.74, 6) is -0.191. The molecule has 3 nitrogen and oxygen atoms in total. The minimum absolute atomic E-state index is 0.0512. The maximum atomic E-state index is 9.17. The molecule has 1 aliphatic rings. The molecular formula is C7H12O3. The zero-order chi connectivity index (χ0) is 7.56. The Balaban J connectivity index is 2.53. The Hall–Kier alpha value is -0.380. The normalized spacial score (nSPS) is 40.1. The highest BCUT2D eigenvalue weighted by molar-refractivity contribution is 5.01. The lowest BCUT2D eigenvalue weighted by molar-refractivity contribution is 0.0426. The fraction of sp³-hybridized carbons (Fsp3) is 0.714. The van der Waals surface area contributed by atoms with Gasteiger partial charge >= 0.3 is 0 Å². The SMILES string of the molecule is OC[C@@H]1C=C[C@@H](O)C[C@H]1O. The van der Waals surface area contributed by atoms with Gasteiger partial charge in [-0.05, 0) is 0 Å². The van der Waals surface area contributed by atoms with Gasteiger partial charge in [0.2, 0.25) is 0 Å². The van der Waals surface area contributed by atoms with Crippen LogP contribution in [0.4, 0.5) is 0 Å². The Morgan fingerprint density at radius 3 is 2.50 bits per heavy atom. The van der Waals surface area contributed by atoms with Crippen LogP contribution in [0.1, 0.15) is 6.42 Å². The van der Waals surface area contributed by atoms with Crippen molar-refractivity contribution in [3.8, 4) is 0 Å². The Morgan fingerprint density at radius 1 is 1.30 bits per heavy atom. The van der Waals surface area contributed by atoms with Gasteiger partial charge in [0.1, 0.15) is 0 Å². The molecule has 0 saturated heterocycles. The smallest absolute Gasteiger partial charge is 0.0745 e. The second kappa shape index (κ2) is 3.14. The van der Waals surface area contributed by atoms with Crippen LogP contribution < -0.4 is 0 Å². The Morgan fingerprint density at radius 2 is 2.00 bits per heavy atom. The van der Waals surface area contributed by atoms with Gasteiger partial charge in [0.25, 0.3) is 0 Å². The second-order valence-corrected chi connectivity index (χ2v) is 2.60. The van der Waals surface area contributed by atoms with Crippen LogP contribution in [-0.2, 0) is 0 Å². The molecule has 0 spiro atoms. The molecule has 1 rings (SSSR count). The van der Waals surface area contributed by atoms with Crippen LogP contribution in [0.5, 0.6) is 0 Å². The molecule has 10 heavy (non-hydrogen) atoms. The van der Waals surface area contributed by atoms with Crippen molar-refractivity contribution in [3.63, 3.8) is 0 Å². The first-order valence-electron chi connectivity index (χ1n) is 3.39. The molecule has 0 aromatic heterocycles. The van der Waals surface area contributed by atoms with Crippen molar-refractivity contribution in [2.75, 3.05) is 6.61 Å². The first kappa shape index (κ1) is 7.72. The van der Waals surface area contributed by atoms with E-state index in [2.05, 4.69) is 0 Å². The van der Waals surface area contributed by atoms with Crippen molar-refractivity contribution >= 4 is 0 Å². The predicted molar refractivity (Wildman–Crippen MR) is 36.3 cm³/mol. The minimum Gasteiger partial charge on any atom is -0.396 e. The van der Waals surface area contributed by atoms with Crippen molar-refractivity contribution in [1.29, 1.82) is 0 Å². The van der Waals surface area contributed by atoms with Gasteiger partial charge in [0.05, 0.1) is 18.8 Å². The van der Waals surface area contributed by atoms with Gasteiger partial charge < -0.3 is 15.3 Å². The fourth-order valence-corrected chi connectivity index (χ4v) is 1.08. The quantitative estimate of drug-likeness (QED) is 0.425. The molecule has 0 radical (unpaired) electrons. The third-order valence-corrected chi connectivity index (χ3v) is 1.77. The maximum absolute atomic E-state index is 9.17. The molecule has 0 saturated carbocycles. The van der Waals surface area contributed by atoms with Crippen LogP contribution in [0.3, 0.4) is 0 Å². The number of hydrogen-bond donors (Lipinski definition) is 3. The third kappa shape index (κ3) is 1.56. The fourth-order valence-electron chi connectivity index (χ4n) is 1.08. The molecule has 3 heteroatoms. The summed E-state index contributed by atoms with van der Waals surface area (Å²) in [6.45, 7) is -0.0512. The molecule has 0 heterocycles. The molecule has 58 valence electrons. The first-order valence-corrected chi connectivity index (χ1v) is 3.39. The highest BCUT2D eigenvalue weighted by Gasteiger charge is 2.22. The summed E-state index contributed by atoms with van der Waals surface area (Å²) < 4.78 is 0. The van der Waals surface area contributed by atoms with E-state index in [-0.39, 0.29) is 12.5 Å². The third-order valence-electron chi connectivity index (χ3n) is 1.77. The van der Waals surface area contributed by atoms with Crippen molar-refractivity contribution < 1.29 is 15.3 Å². The van der Waals surface area contributed by atoms with Crippen LogP contribution in [0.2, 0.25) is 0 Å². The van der Waals surface area contributed by atoms with Crippen molar-refractivity contribution in [3.05, 3.63) is 12.2 Å². The Bertz CT molecular complexity index is 133. The molecule has 0 fully saturated rings. The lowest BCUT2D eigenvalue weighted by Gasteiger charge is -2.23. The van der Waals surface area contributed by atoms with Crippen LogP contribution in [0.15, 0.2) is 12.2 Å². The zero-order valence-corrected chi connectivity index (χ0v) is 5.64. The minimum atomic E-state index is -0.593. The lowest BCUT2D eigenvalue weighted by Crippen LogP contribution is -2.29. The monoisotopic (exact) mass is 144 g/mol. The molecule has 0 bridgehead atoms. The average molecular weight is 144 g/mol. The second-order valence-electron chi connectivity index (χ2n) is 2.60. The number of rotatable bonds is 1. The molecule has 0 aliphatic heterocycles. The van der Waals surface area contributed by atoms with Crippen LogP contribution >= 0.6 is 0 Å². The summed E-state index contributed by atoms with van der Waals surface area (Å²) in [7, 11) is 0. The summed E-state index contributed by atoms with van der Waals surface area (Å²) in [5.41, 5.74) is 0. The van der Waals surface area contributed by atoms with Crippen LogP contribution in [-0.4, -0.2) is 34.1 Å².